The van der Waals surface area contributed by atoms with Crippen LogP contribution < -0.4 is 11.1 Å². The summed E-state index contributed by atoms with van der Waals surface area (Å²) in [6.07, 6.45) is 3.08. The smallest absolute Gasteiger partial charge is 0.231 e. The molecule has 4 aromatic rings. The molecule has 36 heavy (non-hydrogen) atoms. The Balaban J connectivity index is 0.000000345. The van der Waals surface area contributed by atoms with Gasteiger partial charge in [0.2, 0.25) is 5.91 Å². The highest BCUT2D eigenvalue weighted by Crippen LogP contribution is 2.30. The van der Waals surface area contributed by atoms with Crippen molar-refractivity contribution in [2.45, 2.75) is 66.0 Å². The van der Waals surface area contributed by atoms with Crippen molar-refractivity contribution in [2.75, 3.05) is 11.1 Å². The SMILES string of the molecule is CC(C)(C)NC(=O)CBr.CCCCc1nc2c(N)nc3ccccc3c2n1Cc1ccc(O)c(C)c1. The maximum atomic E-state index is 10.7. The van der Waals surface area contributed by atoms with E-state index in [1.807, 2.05) is 58.0 Å². The van der Waals surface area contributed by atoms with Gasteiger partial charge in [-0.15, -0.1) is 0 Å². The Morgan fingerprint density at radius 2 is 1.89 bits per heavy atom. The molecule has 0 radical (unpaired) electrons. The predicted octanol–water partition coefficient (Wildman–Crippen LogP) is 5.87. The largest absolute Gasteiger partial charge is 0.508 e. The number of aromatic nitrogens is 3. The first-order valence-corrected chi connectivity index (χ1v) is 13.3. The number of halogens is 1. The minimum Gasteiger partial charge on any atom is -0.508 e. The van der Waals surface area contributed by atoms with Crippen LogP contribution in [0.3, 0.4) is 0 Å². The van der Waals surface area contributed by atoms with Crippen molar-refractivity contribution in [1.82, 2.24) is 19.9 Å². The first-order chi connectivity index (χ1) is 17.0. The van der Waals surface area contributed by atoms with Gasteiger partial charge in [-0.3, -0.25) is 4.79 Å². The average molecular weight is 555 g/mol. The van der Waals surface area contributed by atoms with Crippen LogP contribution in [-0.2, 0) is 17.8 Å². The Hall–Kier alpha value is -3.13. The number of hydrogen-bond acceptors (Lipinski definition) is 5. The number of carbonyl (C=O) groups excluding carboxylic acids is 1. The van der Waals surface area contributed by atoms with Gasteiger partial charge in [-0.25, -0.2) is 9.97 Å². The van der Waals surface area contributed by atoms with E-state index < -0.39 is 0 Å². The van der Waals surface area contributed by atoms with Crippen LogP contribution in [-0.4, -0.2) is 36.4 Å². The lowest BCUT2D eigenvalue weighted by Gasteiger charge is -2.19. The van der Waals surface area contributed by atoms with E-state index in [4.69, 9.17) is 10.7 Å². The molecule has 0 bridgehead atoms. The van der Waals surface area contributed by atoms with E-state index in [-0.39, 0.29) is 11.4 Å². The molecule has 1 amide bonds. The van der Waals surface area contributed by atoms with E-state index in [1.165, 1.54) is 0 Å². The quantitative estimate of drug-likeness (QED) is 0.259. The van der Waals surface area contributed by atoms with E-state index in [0.717, 1.165) is 58.2 Å². The standard InChI is InChI=1S/C22H24N4O.C6H12BrNO/c1-3-4-9-19-25-20-21(16-7-5-6-8-17(16)24-22(20)23)26(19)13-15-10-11-18(27)14(2)12-15;1-6(2,3)8-5(9)4-7/h5-8,10-12,27H,3-4,9,13H2,1-2H3,(H2,23,24);4H2,1-3H3,(H,8,9). The zero-order valence-electron chi connectivity index (χ0n) is 21.7. The maximum absolute atomic E-state index is 10.7. The third-order valence-corrected chi connectivity index (χ3v) is 6.19. The Bertz CT molecular complexity index is 1360. The molecule has 0 aliphatic heterocycles. The van der Waals surface area contributed by atoms with E-state index in [1.54, 1.807) is 6.07 Å². The van der Waals surface area contributed by atoms with Crippen LogP contribution in [0.2, 0.25) is 0 Å². The van der Waals surface area contributed by atoms with Gasteiger partial charge in [-0.05, 0) is 57.4 Å². The second kappa shape index (κ2) is 11.7. The molecule has 0 aliphatic carbocycles. The minimum atomic E-state index is -0.106. The van der Waals surface area contributed by atoms with Gasteiger partial charge in [0.25, 0.3) is 0 Å². The number of para-hydroxylation sites is 1. The first kappa shape index (κ1) is 27.5. The Morgan fingerprint density at radius 1 is 1.17 bits per heavy atom. The molecule has 2 aromatic carbocycles. The monoisotopic (exact) mass is 553 g/mol. The molecule has 2 aromatic heterocycles. The van der Waals surface area contributed by atoms with Crippen molar-refractivity contribution in [2.24, 2.45) is 0 Å². The highest BCUT2D eigenvalue weighted by Gasteiger charge is 2.17. The summed E-state index contributed by atoms with van der Waals surface area (Å²) in [5, 5.41) is 14.1. The van der Waals surface area contributed by atoms with Crippen molar-refractivity contribution in [3.8, 4) is 5.75 Å². The fourth-order valence-electron chi connectivity index (χ4n) is 4.05. The third-order valence-electron chi connectivity index (χ3n) is 5.68. The number of aromatic hydroxyl groups is 1. The molecule has 0 saturated carbocycles. The molecular weight excluding hydrogens is 518 g/mol. The lowest BCUT2D eigenvalue weighted by molar-refractivity contribution is -0.119. The van der Waals surface area contributed by atoms with Gasteiger partial charge in [0.15, 0.2) is 5.82 Å². The Labute approximate surface area is 221 Å². The highest BCUT2D eigenvalue weighted by atomic mass is 79.9. The molecule has 0 fully saturated rings. The Morgan fingerprint density at radius 3 is 2.50 bits per heavy atom. The van der Waals surface area contributed by atoms with Gasteiger partial charge < -0.3 is 20.7 Å². The number of benzene rings is 2. The van der Waals surface area contributed by atoms with Crippen LogP contribution in [0.5, 0.6) is 5.75 Å². The predicted molar refractivity (Wildman–Crippen MR) is 152 cm³/mol. The van der Waals surface area contributed by atoms with E-state index >= 15 is 0 Å². The molecular formula is C28H36BrN5O2. The number of alkyl halides is 1. The summed E-state index contributed by atoms with van der Waals surface area (Å²) in [5.41, 5.74) is 10.8. The molecule has 0 spiro atoms. The number of amides is 1. The van der Waals surface area contributed by atoms with E-state index in [2.05, 4.69) is 43.8 Å². The van der Waals surface area contributed by atoms with Crippen LogP contribution in [0.15, 0.2) is 42.5 Å². The third kappa shape index (κ3) is 6.75. The number of fused-ring (bicyclic) bond motifs is 3. The molecule has 0 saturated heterocycles. The second-order valence-electron chi connectivity index (χ2n) is 9.98. The molecule has 4 N–H and O–H groups in total. The molecule has 2 heterocycles. The summed E-state index contributed by atoms with van der Waals surface area (Å²) in [5.74, 6) is 1.85. The van der Waals surface area contributed by atoms with Crippen molar-refractivity contribution >= 4 is 49.6 Å². The highest BCUT2D eigenvalue weighted by molar-refractivity contribution is 9.09. The summed E-state index contributed by atoms with van der Waals surface area (Å²) >= 11 is 3.06. The van der Waals surface area contributed by atoms with E-state index in [9.17, 15) is 9.90 Å². The minimum absolute atomic E-state index is 0.0301. The van der Waals surface area contributed by atoms with Crippen molar-refractivity contribution in [3.63, 3.8) is 0 Å². The van der Waals surface area contributed by atoms with E-state index in [0.29, 0.717) is 23.4 Å². The Kier molecular flexibility index (Phi) is 8.95. The fourth-order valence-corrected chi connectivity index (χ4v) is 4.19. The van der Waals surface area contributed by atoms with Crippen LogP contribution in [0.1, 0.15) is 57.5 Å². The number of nitrogens with one attached hydrogen (secondary N) is 1. The summed E-state index contributed by atoms with van der Waals surface area (Å²) in [6.45, 7) is 10.6. The van der Waals surface area contributed by atoms with Crippen molar-refractivity contribution in [1.29, 1.82) is 0 Å². The molecule has 0 aliphatic rings. The zero-order chi connectivity index (χ0) is 26.5. The molecule has 4 rings (SSSR count). The molecule has 0 atom stereocenters. The van der Waals surface area contributed by atoms with Crippen molar-refractivity contribution < 1.29 is 9.90 Å². The number of aryl methyl sites for hydroxylation is 2. The van der Waals surface area contributed by atoms with Crippen LogP contribution >= 0.6 is 15.9 Å². The number of carbonyl (C=O) groups is 1. The number of nitrogens with zero attached hydrogens (tertiary/aromatic N) is 3. The molecule has 0 unspecified atom stereocenters. The second-order valence-corrected chi connectivity index (χ2v) is 10.5. The molecule has 192 valence electrons. The van der Waals surface area contributed by atoms with Crippen molar-refractivity contribution in [3.05, 3.63) is 59.4 Å². The number of anilines is 1. The summed E-state index contributed by atoms with van der Waals surface area (Å²) in [7, 11) is 0. The number of imidazole rings is 1. The van der Waals surface area contributed by atoms with Gasteiger partial charge in [0.05, 0.1) is 16.4 Å². The zero-order valence-corrected chi connectivity index (χ0v) is 23.3. The van der Waals surface area contributed by atoms with Crippen LogP contribution in [0, 0.1) is 6.92 Å². The summed E-state index contributed by atoms with van der Waals surface area (Å²) < 4.78 is 2.26. The van der Waals surface area contributed by atoms with Gasteiger partial charge in [0.1, 0.15) is 17.1 Å². The number of phenolic OH excluding ortho intramolecular Hbond substituents is 1. The molecule has 7 nitrogen and oxygen atoms in total. The fraction of sp³-hybridized carbons (Fsp3) is 0.393. The van der Waals surface area contributed by atoms with Gasteiger partial charge in [0, 0.05) is 23.9 Å². The number of nitrogen functional groups attached to an aromatic ring is 1. The number of rotatable bonds is 6. The topological polar surface area (TPSA) is 106 Å². The summed E-state index contributed by atoms with van der Waals surface area (Å²) in [6, 6.07) is 13.8. The summed E-state index contributed by atoms with van der Waals surface area (Å²) in [4.78, 5) is 20.1. The molecule has 8 heteroatoms. The van der Waals surface area contributed by atoms with Gasteiger partial charge >= 0.3 is 0 Å². The van der Waals surface area contributed by atoms with Crippen LogP contribution in [0.4, 0.5) is 5.82 Å². The average Bonchev–Trinajstić information content (AvgIpc) is 3.18. The lowest BCUT2D eigenvalue weighted by atomic mass is 10.1. The van der Waals surface area contributed by atoms with Gasteiger partial charge in [-0.2, -0.15) is 0 Å². The number of phenols is 1. The van der Waals surface area contributed by atoms with Gasteiger partial charge in [-0.1, -0.05) is 59.6 Å². The number of pyridine rings is 1. The number of hydrogen-bond donors (Lipinski definition) is 3. The first-order valence-electron chi connectivity index (χ1n) is 12.2. The number of nitrogens with two attached hydrogens (primary N) is 1. The van der Waals surface area contributed by atoms with Crippen LogP contribution in [0.25, 0.3) is 21.9 Å². The normalized spacial score (nSPS) is 11.4. The maximum Gasteiger partial charge on any atom is 0.231 e. The lowest BCUT2D eigenvalue weighted by Crippen LogP contribution is -2.41. The number of unbranched alkanes of at least 4 members (excludes halogenated alkanes) is 1.